The number of ether oxygens (including phenoxy) is 1. The first kappa shape index (κ1) is 55.2. The minimum atomic E-state index is -5.21. The summed E-state index contributed by atoms with van der Waals surface area (Å²) in [7, 11) is -8.55. The minimum absolute atomic E-state index is 0.0134. The van der Waals surface area contributed by atoms with Crippen molar-refractivity contribution in [1.29, 1.82) is 0 Å². The van der Waals surface area contributed by atoms with Crippen molar-refractivity contribution in [2.24, 2.45) is 5.92 Å². The summed E-state index contributed by atoms with van der Waals surface area (Å²) < 4.78 is 204. The highest BCUT2D eigenvalue weighted by atomic mass is 35.5. The van der Waals surface area contributed by atoms with E-state index in [9.17, 15) is 61.5 Å². The summed E-state index contributed by atoms with van der Waals surface area (Å²) in [5.74, 6) is -11.0. The van der Waals surface area contributed by atoms with Crippen LogP contribution >= 0.6 is 11.6 Å². The zero-order valence-corrected chi connectivity index (χ0v) is 41.4. The summed E-state index contributed by atoms with van der Waals surface area (Å²) >= 11 is 6.64. The topological polar surface area (TPSA) is 196 Å². The molecular weight excluding hydrogens is 1060 g/mol. The van der Waals surface area contributed by atoms with E-state index >= 15 is 8.78 Å². The summed E-state index contributed by atoms with van der Waals surface area (Å²) in [6, 6.07) is 5.24. The van der Waals surface area contributed by atoms with Gasteiger partial charge in [-0.15, -0.1) is 0 Å². The number of aliphatic hydroxyl groups excluding tert-OH is 1. The van der Waals surface area contributed by atoms with Crippen LogP contribution in [-0.2, 0) is 67.4 Å². The van der Waals surface area contributed by atoms with E-state index in [4.69, 9.17) is 26.4 Å². The number of aromatic nitrogens is 5. The zero-order valence-electron chi connectivity index (χ0n) is 39.0. The van der Waals surface area contributed by atoms with Crippen LogP contribution < -0.4 is 9.62 Å². The SMILES string of the molecule is CC(C)(CCc1ccc(-c2ccc(Cl)c3c(N(C(=O)OCCCCCO)S(C)(=O)=O)nn(CC(F)(F)F)c23)c([C@H](Cc2cc(F)cc(F)c2)NC(=O)Cn2nc(C(F)(F)F)c3c2C(F)(F)C2C[C@H]32)n1)S(C)(=O)=O. The number of fused-ring (bicyclic) bond motifs is 4. The highest BCUT2D eigenvalue weighted by Gasteiger charge is 2.68. The predicted octanol–water partition coefficient (Wildman–Crippen LogP) is 8.94. The lowest BCUT2D eigenvalue weighted by molar-refractivity contribution is -0.143. The maximum absolute atomic E-state index is 15.6. The van der Waals surface area contributed by atoms with Crippen molar-refractivity contribution >= 4 is 60.2 Å². The quantitative estimate of drug-likeness (QED) is 0.0592. The number of amides is 2. The molecule has 398 valence electrons. The smallest absolute Gasteiger partial charge is 0.435 e. The number of carbonyl (C=O) groups excluding carboxylic acids is 2. The Bertz CT molecular complexity index is 3180. The fraction of sp³-hybridized carbons (Fsp3) is 0.489. The van der Waals surface area contributed by atoms with Crippen LogP contribution in [0.5, 0.6) is 0 Å². The number of alkyl halides is 8. The van der Waals surface area contributed by atoms with E-state index in [2.05, 4.69) is 15.5 Å². The molecule has 15 nitrogen and oxygen atoms in total. The molecular formula is C45H46ClF10N7O8S2. The summed E-state index contributed by atoms with van der Waals surface area (Å²) in [6.45, 7) is -1.02. The summed E-state index contributed by atoms with van der Waals surface area (Å²) in [5, 5.41) is 17.9. The molecule has 2 aliphatic carbocycles. The molecule has 2 N–H and O–H groups in total. The van der Waals surface area contributed by atoms with Crippen LogP contribution in [0.15, 0.2) is 42.5 Å². The number of nitrogens with zero attached hydrogens (tertiary/aromatic N) is 6. The number of benzene rings is 2. The number of pyridine rings is 1. The van der Waals surface area contributed by atoms with Crippen LogP contribution in [0.3, 0.4) is 0 Å². The van der Waals surface area contributed by atoms with Crippen molar-refractivity contribution in [3.63, 3.8) is 0 Å². The van der Waals surface area contributed by atoms with Crippen LogP contribution in [0.1, 0.15) is 91.8 Å². The van der Waals surface area contributed by atoms with E-state index in [0.717, 1.165) is 30.5 Å². The number of halogens is 11. The van der Waals surface area contributed by atoms with Crippen LogP contribution in [0, 0.1) is 17.6 Å². The number of hydrogen-bond acceptors (Lipinski definition) is 11. The van der Waals surface area contributed by atoms with Gasteiger partial charge in [-0.2, -0.15) is 49.6 Å². The fourth-order valence-corrected chi connectivity index (χ4v) is 10.3. The van der Waals surface area contributed by atoms with Crippen molar-refractivity contribution in [3.05, 3.63) is 93.0 Å². The van der Waals surface area contributed by atoms with Gasteiger partial charge in [0.05, 0.1) is 45.3 Å². The van der Waals surface area contributed by atoms with Gasteiger partial charge in [0.15, 0.2) is 21.3 Å². The number of anilines is 1. The largest absolute Gasteiger partial charge is 0.448 e. The Hall–Kier alpha value is -5.54. The number of aryl methyl sites for hydroxylation is 1. The van der Waals surface area contributed by atoms with Gasteiger partial charge in [-0.05, 0) is 94.5 Å². The lowest BCUT2D eigenvalue weighted by Crippen LogP contribution is -2.37. The van der Waals surface area contributed by atoms with Crippen molar-refractivity contribution in [3.8, 4) is 11.1 Å². The molecule has 7 rings (SSSR count). The average molecular weight is 1100 g/mol. The molecule has 2 aliphatic rings. The van der Waals surface area contributed by atoms with Gasteiger partial charge in [0, 0.05) is 47.2 Å². The third-order valence-electron chi connectivity index (χ3n) is 12.7. The molecule has 0 aliphatic heterocycles. The highest BCUT2D eigenvalue weighted by Crippen LogP contribution is 2.68. The van der Waals surface area contributed by atoms with Gasteiger partial charge in [0.1, 0.15) is 30.4 Å². The number of sulfonamides is 1. The van der Waals surface area contributed by atoms with Gasteiger partial charge in [0.2, 0.25) is 15.9 Å². The van der Waals surface area contributed by atoms with Gasteiger partial charge in [-0.3, -0.25) is 19.1 Å². The third-order valence-corrected chi connectivity index (χ3v) is 16.2. The van der Waals surface area contributed by atoms with Gasteiger partial charge in [-0.25, -0.2) is 30.4 Å². The molecule has 0 saturated heterocycles. The first-order valence-electron chi connectivity index (χ1n) is 22.3. The average Bonchev–Trinajstić information content (AvgIpc) is 3.77. The number of rotatable bonds is 19. The molecule has 2 amide bonds. The Morgan fingerprint density at radius 2 is 1.60 bits per heavy atom. The molecule has 0 radical (unpaired) electrons. The molecule has 73 heavy (non-hydrogen) atoms. The van der Waals surface area contributed by atoms with E-state index < -0.39 is 149 Å². The molecule has 28 heteroatoms. The Labute approximate surface area is 415 Å². The van der Waals surface area contributed by atoms with Crippen molar-refractivity contribution in [2.45, 2.75) is 107 Å². The van der Waals surface area contributed by atoms with E-state index in [1.54, 1.807) is 0 Å². The summed E-state index contributed by atoms with van der Waals surface area (Å²) in [4.78, 5) is 32.4. The minimum Gasteiger partial charge on any atom is -0.448 e. The zero-order chi connectivity index (χ0) is 54.0. The standard InChI is InChI=1S/C45H46ClF10N7O8S2/c1-42(2,72(3,67)68)13-12-26-8-9-27(28-10-11-31(46)35-37(28)62(22-43(49,50)51)60-40(35)63(73(4,69)70)41(66)71-15-7-5-6-14-64)36(57-26)32(18-23-16-24(47)19-25(48)17-23)58-33(65)21-61-39-34(38(59-61)45(54,55)56)29-20-30(29)44(39,52)53/h8-11,16-17,19,29-30,32,64H,5-7,12-15,18,20-22H2,1-4H3,(H,58,65)/t29-,30?,32-/m0/s1. The molecule has 1 fully saturated rings. The molecule has 1 unspecified atom stereocenters. The molecule has 2 aromatic carbocycles. The maximum atomic E-state index is 15.6. The Morgan fingerprint density at radius 1 is 0.945 bits per heavy atom. The first-order valence-corrected chi connectivity index (χ1v) is 26.4. The molecule has 5 aromatic rings. The normalized spacial score (nSPS) is 17.1. The Morgan fingerprint density at radius 3 is 2.21 bits per heavy atom. The van der Waals surface area contributed by atoms with Gasteiger partial charge in [-0.1, -0.05) is 23.7 Å². The lowest BCUT2D eigenvalue weighted by Gasteiger charge is -2.25. The van der Waals surface area contributed by atoms with E-state index in [1.165, 1.54) is 26.0 Å². The third kappa shape index (κ3) is 11.7. The number of nitrogens with one attached hydrogen (secondary N) is 1. The van der Waals surface area contributed by atoms with E-state index in [-0.39, 0.29) is 74.0 Å². The molecule has 3 aromatic heterocycles. The van der Waals surface area contributed by atoms with Crippen molar-refractivity contribution in [2.75, 3.05) is 30.0 Å². The predicted molar refractivity (Wildman–Crippen MR) is 244 cm³/mol. The van der Waals surface area contributed by atoms with Gasteiger partial charge >= 0.3 is 18.4 Å². The Balaban J connectivity index is 1.44. The van der Waals surface area contributed by atoms with Crippen LogP contribution in [-0.4, -0.2) is 95.1 Å². The number of sulfone groups is 1. The highest BCUT2D eigenvalue weighted by molar-refractivity contribution is 7.92. The van der Waals surface area contributed by atoms with Crippen LogP contribution in [0.2, 0.25) is 5.02 Å². The van der Waals surface area contributed by atoms with E-state index in [1.807, 2.05) is 0 Å². The molecule has 1 saturated carbocycles. The fourth-order valence-electron chi connectivity index (χ4n) is 8.81. The Kier molecular flexibility index (Phi) is 15.1. The van der Waals surface area contributed by atoms with Crippen molar-refractivity contribution < 1.29 is 80.2 Å². The van der Waals surface area contributed by atoms with Gasteiger partial charge < -0.3 is 15.2 Å². The van der Waals surface area contributed by atoms with Crippen LogP contribution in [0.25, 0.3) is 22.0 Å². The number of hydrogen-bond donors (Lipinski definition) is 2. The van der Waals surface area contributed by atoms with Crippen LogP contribution in [0.4, 0.5) is 54.5 Å². The summed E-state index contributed by atoms with van der Waals surface area (Å²) in [5.41, 5.74) is -5.22. The number of carbonyl (C=O) groups is 2. The molecule has 0 bridgehead atoms. The molecule has 3 heterocycles. The second kappa shape index (κ2) is 20.0. The van der Waals surface area contributed by atoms with Crippen molar-refractivity contribution in [1.82, 2.24) is 29.9 Å². The van der Waals surface area contributed by atoms with Gasteiger partial charge in [0.25, 0.3) is 5.92 Å². The number of unbranched alkanes of at least 4 members (excludes halogenated alkanes) is 2. The van der Waals surface area contributed by atoms with E-state index in [0.29, 0.717) is 25.2 Å². The summed E-state index contributed by atoms with van der Waals surface area (Å²) in [6.07, 6.45) is -10.8. The number of aliphatic hydroxyl groups is 1. The lowest BCUT2D eigenvalue weighted by atomic mass is 9.93. The maximum Gasteiger partial charge on any atom is 0.435 e. The monoisotopic (exact) mass is 1100 g/mol. The molecule has 3 atom stereocenters. The second-order valence-electron chi connectivity index (χ2n) is 18.5. The first-order chi connectivity index (χ1) is 33.7. The second-order valence-corrected chi connectivity index (χ2v) is 23.4. The molecule has 0 spiro atoms.